The minimum absolute atomic E-state index is 0.00146. The molecule has 37 heavy (non-hydrogen) atoms. The van der Waals surface area contributed by atoms with Gasteiger partial charge in [0.25, 0.3) is 17.7 Å². The number of rotatable bonds is 8. The summed E-state index contributed by atoms with van der Waals surface area (Å²) in [5.74, 6) is -0.529. The van der Waals surface area contributed by atoms with E-state index in [1.807, 2.05) is 18.2 Å². The van der Waals surface area contributed by atoms with Crippen LogP contribution < -0.4 is 10.1 Å². The van der Waals surface area contributed by atoms with Crippen LogP contribution in [0.3, 0.4) is 0 Å². The van der Waals surface area contributed by atoms with Gasteiger partial charge in [0, 0.05) is 19.6 Å². The number of carbonyl (C=O) groups excluding carboxylic acids is 3. The van der Waals surface area contributed by atoms with E-state index in [4.69, 9.17) is 9.47 Å². The molecule has 0 aliphatic carbocycles. The number of amides is 3. The fourth-order valence-corrected chi connectivity index (χ4v) is 4.90. The highest BCUT2D eigenvalue weighted by atomic mass is 16.5. The van der Waals surface area contributed by atoms with E-state index < -0.39 is 0 Å². The molecule has 2 heterocycles. The van der Waals surface area contributed by atoms with Gasteiger partial charge < -0.3 is 14.8 Å². The second-order valence-electron chi connectivity index (χ2n) is 9.06. The number of benzene rings is 3. The molecule has 2 aliphatic rings. The van der Waals surface area contributed by atoms with Crippen molar-refractivity contribution in [3.8, 4) is 5.75 Å². The van der Waals surface area contributed by atoms with Crippen molar-refractivity contribution in [3.05, 3.63) is 101 Å². The molecule has 1 fully saturated rings. The predicted octanol–water partition coefficient (Wildman–Crippen LogP) is 3.29. The number of hydrogen-bond acceptors (Lipinski definition) is 6. The van der Waals surface area contributed by atoms with Crippen LogP contribution in [0.2, 0.25) is 0 Å². The molecule has 8 nitrogen and oxygen atoms in total. The first kappa shape index (κ1) is 24.7. The van der Waals surface area contributed by atoms with Crippen molar-refractivity contribution in [1.29, 1.82) is 0 Å². The summed E-state index contributed by atoms with van der Waals surface area (Å²) in [4.78, 5) is 42.5. The van der Waals surface area contributed by atoms with E-state index in [1.165, 1.54) is 12.0 Å². The maximum absolute atomic E-state index is 13.4. The molecule has 1 saturated heterocycles. The lowest BCUT2D eigenvalue weighted by Crippen LogP contribution is -2.43. The highest BCUT2D eigenvalue weighted by molar-refractivity contribution is 6.21. The number of ether oxygens (including phenoxy) is 2. The predicted molar refractivity (Wildman–Crippen MR) is 138 cm³/mol. The Morgan fingerprint density at radius 2 is 1.59 bits per heavy atom. The van der Waals surface area contributed by atoms with E-state index in [9.17, 15) is 14.4 Å². The minimum atomic E-state index is -0.335. The third kappa shape index (κ3) is 5.12. The van der Waals surface area contributed by atoms with Crippen LogP contribution >= 0.6 is 0 Å². The van der Waals surface area contributed by atoms with Gasteiger partial charge in [0.2, 0.25) is 0 Å². The topological polar surface area (TPSA) is 88.2 Å². The van der Waals surface area contributed by atoms with Crippen LogP contribution in [-0.4, -0.2) is 67.5 Å². The van der Waals surface area contributed by atoms with Crippen molar-refractivity contribution in [2.75, 3.05) is 40.0 Å². The Labute approximate surface area is 215 Å². The summed E-state index contributed by atoms with van der Waals surface area (Å²) in [7, 11) is 1.51. The number of nitrogens with one attached hydrogen (secondary N) is 1. The fraction of sp³-hybridized carbons (Fsp3) is 0.276. The van der Waals surface area contributed by atoms with Gasteiger partial charge in [-0.05, 0) is 35.4 Å². The zero-order valence-electron chi connectivity index (χ0n) is 20.7. The van der Waals surface area contributed by atoms with Gasteiger partial charge in [-0.3, -0.25) is 24.2 Å². The van der Waals surface area contributed by atoms with E-state index in [-0.39, 0.29) is 30.3 Å². The summed E-state index contributed by atoms with van der Waals surface area (Å²) in [6, 6.07) is 22.0. The molecule has 8 heteroatoms. The van der Waals surface area contributed by atoms with Crippen molar-refractivity contribution in [1.82, 2.24) is 15.1 Å². The Morgan fingerprint density at radius 3 is 2.24 bits per heavy atom. The first-order valence-corrected chi connectivity index (χ1v) is 12.3. The van der Waals surface area contributed by atoms with E-state index in [1.54, 1.807) is 42.5 Å². The van der Waals surface area contributed by atoms with Crippen molar-refractivity contribution in [2.45, 2.75) is 12.6 Å². The minimum Gasteiger partial charge on any atom is -0.496 e. The van der Waals surface area contributed by atoms with Gasteiger partial charge in [-0.2, -0.15) is 0 Å². The Bertz CT molecular complexity index is 1270. The molecule has 190 valence electrons. The van der Waals surface area contributed by atoms with Crippen molar-refractivity contribution < 1.29 is 23.9 Å². The molecular formula is C29H29N3O5. The molecule has 3 aromatic carbocycles. The molecule has 0 bridgehead atoms. The van der Waals surface area contributed by atoms with Crippen LogP contribution in [0.15, 0.2) is 72.8 Å². The van der Waals surface area contributed by atoms with Gasteiger partial charge in [0.1, 0.15) is 5.75 Å². The average molecular weight is 500 g/mol. The third-order valence-corrected chi connectivity index (χ3v) is 6.85. The smallest absolute Gasteiger partial charge is 0.261 e. The quantitative estimate of drug-likeness (QED) is 0.479. The first-order valence-electron chi connectivity index (χ1n) is 12.3. The Kier molecular flexibility index (Phi) is 7.30. The molecule has 0 radical (unpaired) electrons. The van der Waals surface area contributed by atoms with E-state index in [0.29, 0.717) is 47.8 Å². The zero-order valence-corrected chi connectivity index (χ0v) is 20.7. The third-order valence-electron chi connectivity index (χ3n) is 6.85. The Morgan fingerprint density at radius 1 is 0.946 bits per heavy atom. The van der Waals surface area contributed by atoms with Crippen LogP contribution in [0.5, 0.6) is 5.75 Å². The molecule has 2 aliphatic heterocycles. The normalized spacial score (nSPS) is 16.4. The van der Waals surface area contributed by atoms with Crippen LogP contribution in [0.1, 0.15) is 48.2 Å². The summed E-state index contributed by atoms with van der Waals surface area (Å²) >= 11 is 0. The summed E-state index contributed by atoms with van der Waals surface area (Å²) in [6.07, 6.45) is 0. The molecule has 5 rings (SSSR count). The van der Waals surface area contributed by atoms with Crippen LogP contribution in [0.4, 0.5) is 0 Å². The highest BCUT2D eigenvalue weighted by Crippen LogP contribution is 2.27. The fourth-order valence-electron chi connectivity index (χ4n) is 4.90. The van der Waals surface area contributed by atoms with Gasteiger partial charge in [0.15, 0.2) is 0 Å². The second-order valence-corrected chi connectivity index (χ2v) is 9.06. The van der Waals surface area contributed by atoms with Crippen molar-refractivity contribution in [2.24, 2.45) is 0 Å². The second kappa shape index (κ2) is 10.9. The number of morpholine rings is 1. The number of methoxy groups -OCH3 is 1. The molecule has 1 atom stereocenters. The molecule has 0 aromatic heterocycles. The molecule has 3 aromatic rings. The van der Waals surface area contributed by atoms with E-state index >= 15 is 0 Å². The number of fused-ring (bicyclic) bond motifs is 1. The van der Waals surface area contributed by atoms with Gasteiger partial charge in [-0.1, -0.05) is 48.5 Å². The molecule has 3 amide bonds. The van der Waals surface area contributed by atoms with Crippen LogP contribution in [0.25, 0.3) is 0 Å². The van der Waals surface area contributed by atoms with Crippen molar-refractivity contribution >= 4 is 17.7 Å². The largest absolute Gasteiger partial charge is 0.496 e. The summed E-state index contributed by atoms with van der Waals surface area (Å²) in [5, 5.41) is 3.07. The summed E-state index contributed by atoms with van der Waals surface area (Å²) in [6.45, 7) is 3.37. The maximum Gasteiger partial charge on any atom is 0.261 e. The zero-order chi connectivity index (χ0) is 25.8. The number of imide groups is 1. The van der Waals surface area contributed by atoms with Gasteiger partial charge >= 0.3 is 0 Å². The van der Waals surface area contributed by atoms with Crippen LogP contribution in [0, 0.1) is 0 Å². The number of nitrogens with zero attached hydrogens (tertiary/aromatic N) is 2. The number of carbonyl (C=O) groups is 3. The maximum atomic E-state index is 13.4. The SMILES string of the molecule is COc1ccc(CN2C(=O)c3ccccc3C2=O)cc1C(=O)NCC(c1ccccc1)N1CCOCC1. The van der Waals surface area contributed by atoms with Gasteiger partial charge in [-0.25, -0.2) is 0 Å². The van der Waals surface area contributed by atoms with Gasteiger partial charge in [-0.15, -0.1) is 0 Å². The molecule has 0 saturated carbocycles. The Hall–Kier alpha value is -4.01. The monoisotopic (exact) mass is 499 g/mol. The van der Waals surface area contributed by atoms with Crippen LogP contribution in [-0.2, 0) is 11.3 Å². The lowest BCUT2D eigenvalue weighted by molar-refractivity contribution is 0.0162. The standard InChI is InChI=1S/C29H29N3O5/c1-36-26-12-11-20(19-32-28(34)22-9-5-6-10-23(22)29(32)35)17-24(26)27(33)30-18-25(21-7-3-2-4-8-21)31-13-15-37-16-14-31/h2-12,17,25H,13-16,18-19H2,1H3,(H,30,33). The van der Waals surface area contributed by atoms with Gasteiger partial charge in [0.05, 0.1) is 49.6 Å². The molecule has 1 N–H and O–H groups in total. The molecule has 1 unspecified atom stereocenters. The molecule has 0 spiro atoms. The first-order chi connectivity index (χ1) is 18.1. The summed E-state index contributed by atoms with van der Waals surface area (Å²) in [5.41, 5.74) is 2.93. The average Bonchev–Trinajstić information content (AvgIpc) is 3.19. The van der Waals surface area contributed by atoms with E-state index in [0.717, 1.165) is 18.7 Å². The summed E-state index contributed by atoms with van der Waals surface area (Å²) < 4.78 is 11.0. The van der Waals surface area contributed by atoms with E-state index in [2.05, 4.69) is 22.3 Å². The number of hydrogen-bond donors (Lipinski definition) is 1. The Balaban J connectivity index is 1.33. The highest BCUT2D eigenvalue weighted by Gasteiger charge is 2.35. The lowest BCUT2D eigenvalue weighted by atomic mass is 10.0. The lowest BCUT2D eigenvalue weighted by Gasteiger charge is -2.35. The molecular weight excluding hydrogens is 470 g/mol. The van der Waals surface area contributed by atoms with Crippen molar-refractivity contribution in [3.63, 3.8) is 0 Å².